The van der Waals surface area contributed by atoms with E-state index in [1.54, 1.807) is 24.3 Å². The summed E-state index contributed by atoms with van der Waals surface area (Å²) in [6.45, 7) is 1.88. The van der Waals surface area contributed by atoms with E-state index in [-0.39, 0.29) is 5.82 Å². The molecule has 0 aromatic heterocycles. The van der Waals surface area contributed by atoms with Crippen molar-refractivity contribution in [1.82, 2.24) is 0 Å². The minimum absolute atomic E-state index is 0.330. The van der Waals surface area contributed by atoms with Gasteiger partial charge in [-0.3, -0.25) is 0 Å². The highest BCUT2D eigenvalue weighted by molar-refractivity contribution is 9.10. The SMILES string of the molecule is Cc1cc(Br)c(F)cc1Nc1cc(Cl)ccc1N. The van der Waals surface area contributed by atoms with Gasteiger partial charge < -0.3 is 11.1 Å². The quantitative estimate of drug-likeness (QED) is 0.771. The van der Waals surface area contributed by atoms with Gasteiger partial charge in [0, 0.05) is 10.7 Å². The van der Waals surface area contributed by atoms with E-state index in [0.717, 1.165) is 5.56 Å². The lowest BCUT2D eigenvalue weighted by Crippen LogP contribution is -1.98. The molecule has 0 unspecified atom stereocenters. The molecule has 0 amide bonds. The number of nitrogens with one attached hydrogen (secondary N) is 1. The number of rotatable bonds is 2. The maximum atomic E-state index is 13.5. The van der Waals surface area contributed by atoms with Crippen molar-refractivity contribution in [2.24, 2.45) is 0 Å². The first-order valence-electron chi connectivity index (χ1n) is 5.25. The van der Waals surface area contributed by atoms with Crippen molar-refractivity contribution in [2.45, 2.75) is 6.92 Å². The van der Waals surface area contributed by atoms with Crippen molar-refractivity contribution >= 4 is 44.6 Å². The molecule has 2 rings (SSSR count). The van der Waals surface area contributed by atoms with Crippen LogP contribution in [0.4, 0.5) is 21.5 Å². The highest BCUT2D eigenvalue weighted by Gasteiger charge is 2.07. The van der Waals surface area contributed by atoms with Crippen molar-refractivity contribution < 1.29 is 4.39 Å². The maximum absolute atomic E-state index is 13.5. The molecular weight excluding hydrogens is 319 g/mol. The van der Waals surface area contributed by atoms with Crippen LogP contribution in [-0.4, -0.2) is 0 Å². The molecule has 2 aromatic rings. The Balaban J connectivity index is 2.40. The predicted octanol–water partition coefficient (Wildman–Crippen LogP) is 4.88. The molecule has 0 fully saturated rings. The van der Waals surface area contributed by atoms with E-state index in [1.807, 2.05) is 6.92 Å². The van der Waals surface area contributed by atoms with Crippen LogP contribution in [0.25, 0.3) is 0 Å². The summed E-state index contributed by atoms with van der Waals surface area (Å²) in [5, 5.41) is 3.65. The fraction of sp³-hybridized carbons (Fsp3) is 0.0769. The standard InChI is InChI=1S/C13H11BrClFN2/c1-7-4-9(14)10(16)6-12(7)18-13-5-8(15)2-3-11(13)17/h2-6,18H,17H2,1H3. The van der Waals surface area contributed by atoms with Gasteiger partial charge in [0.15, 0.2) is 0 Å². The number of halogens is 3. The van der Waals surface area contributed by atoms with E-state index in [0.29, 0.717) is 26.6 Å². The van der Waals surface area contributed by atoms with E-state index in [9.17, 15) is 4.39 Å². The van der Waals surface area contributed by atoms with Crippen molar-refractivity contribution in [3.63, 3.8) is 0 Å². The fourth-order valence-corrected chi connectivity index (χ4v) is 2.19. The zero-order valence-electron chi connectivity index (χ0n) is 9.60. The zero-order chi connectivity index (χ0) is 13.3. The van der Waals surface area contributed by atoms with Crippen molar-refractivity contribution in [3.05, 3.63) is 51.2 Å². The Kier molecular flexibility index (Phi) is 3.78. The Morgan fingerprint density at radius 1 is 1.22 bits per heavy atom. The summed E-state index contributed by atoms with van der Waals surface area (Å²) in [7, 11) is 0. The van der Waals surface area contributed by atoms with Crippen LogP contribution in [0.3, 0.4) is 0 Å². The minimum atomic E-state index is -0.330. The molecule has 5 heteroatoms. The second-order valence-electron chi connectivity index (χ2n) is 3.94. The molecule has 0 heterocycles. The largest absolute Gasteiger partial charge is 0.397 e. The summed E-state index contributed by atoms with van der Waals surface area (Å²) in [5.41, 5.74) is 8.61. The Bertz CT molecular complexity index is 602. The average molecular weight is 330 g/mol. The van der Waals surface area contributed by atoms with Crippen molar-refractivity contribution in [3.8, 4) is 0 Å². The average Bonchev–Trinajstić information content (AvgIpc) is 2.30. The smallest absolute Gasteiger partial charge is 0.139 e. The first-order chi connectivity index (χ1) is 8.47. The van der Waals surface area contributed by atoms with Crippen molar-refractivity contribution in [1.29, 1.82) is 0 Å². The number of anilines is 3. The summed E-state index contributed by atoms with van der Waals surface area (Å²) >= 11 is 9.05. The Morgan fingerprint density at radius 3 is 2.67 bits per heavy atom. The van der Waals surface area contributed by atoms with E-state index in [2.05, 4.69) is 21.2 Å². The van der Waals surface area contributed by atoms with Crippen LogP contribution in [0.15, 0.2) is 34.8 Å². The van der Waals surface area contributed by atoms with Gasteiger partial charge in [-0.15, -0.1) is 0 Å². The molecule has 94 valence electrons. The number of nitrogen functional groups attached to an aromatic ring is 1. The van der Waals surface area contributed by atoms with Gasteiger partial charge >= 0.3 is 0 Å². The lowest BCUT2D eigenvalue weighted by atomic mass is 10.2. The summed E-state index contributed by atoms with van der Waals surface area (Å²) in [6.07, 6.45) is 0. The van der Waals surface area contributed by atoms with Gasteiger partial charge in [-0.25, -0.2) is 4.39 Å². The summed E-state index contributed by atoms with van der Waals surface area (Å²) < 4.78 is 13.9. The van der Waals surface area contributed by atoms with Crippen LogP contribution >= 0.6 is 27.5 Å². The van der Waals surface area contributed by atoms with Crippen LogP contribution in [0.2, 0.25) is 5.02 Å². The van der Waals surface area contributed by atoms with E-state index >= 15 is 0 Å². The molecule has 0 spiro atoms. The van der Waals surface area contributed by atoms with Gasteiger partial charge in [-0.05, 0) is 58.7 Å². The number of benzene rings is 2. The summed E-state index contributed by atoms with van der Waals surface area (Å²) in [6, 6.07) is 8.24. The molecule has 0 radical (unpaired) electrons. The van der Waals surface area contributed by atoms with E-state index < -0.39 is 0 Å². The van der Waals surface area contributed by atoms with Gasteiger partial charge in [-0.1, -0.05) is 11.6 Å². The van der Waals surface area contributed by atoms with Gasteiger partial charge in [-0.2, -0.15) is 0 Å². The van der Waals surface area contributed by atoms with Crippen LogP contribution < -0.4 is 11.1 Å². The molecule has 0 saturated heterocycles. The third kappa shape index (κ3) is 2.76. The highest BCUT2D eigenvalue weighted by Crippen LogP contribution is 2.30. The normalized spacial score (nSPS) is 10.4. The van der Waals surface area contributed by atoms with Gasteiger partial charge in [0.25, 0.3) is 0 Å². The van der Waals surface area contributed by atoms with Gasteiger partial charge in [0.1, 0.15) is 5.82 Å². The van der Waals surface area contributed by atoms with Crippen molar-refractivity contribution in [2.75, 3.05) is 11.1 Å². The Labute approximate surface area is 118 Å². The number of aryl methyl sites for hydroxylation is 1. The summed E-state index contributed by atoms with van der Waals surface area (Å²) in [4.78, 5) is 0. The molecule has 0 bridgehead atoms. The molecule has 18 heavy (non-hydrogen) atoms. The van der Waals surface area contributed by atoms with Crippen LogP contribution in [0, 0.1) is 12.7 Å². The second kappa shape index (κ2) is 5.16. The van der Waals surface area contributed by atoms with Crippen LogP contribution in [0.1, 0.15) is 5.56 Å². The molecule has 0 aliphatic heterocycles. The molecule has 0 saturated carbocycles. The van der Waals surface area contributed by atoms with Crippen LogP contribution in [0.5, 0.6) is 0 Å². The minimum Gasteiger partial charge on any atom is -0.397 e. The third-order valence-electron chi connectivity index (χ3n) is 2.55. The predicted molar refractivity (Wildman–Crippen MR) is 78.0 cm³/mol. The monoisotopic (exact) mass is 328 g/mol. The van der Waals surface area contributed by atoms with Gasteiger partial charge in [0.05, 0.1) is 15.8 Å². The topological polar surface area (TPSA) is 38.0 Å². The highest BCUT2D eigenvalue weighted by atomic mass is 79.9. The molecule has 0 atom stereocenters. The Hall–Kier alpha value is -1.26. The maximum Gasteiger partial charge on any atom is 0.139 e. The zero-order valence-corrected chi connectivity index (χ0v) is 11.9. The molecule has 3 N–H and O–H groups in total. The summed E-state index contributed by atoms with van der Waals surface area (Å²) in [5.74, 6) is -0.330. The Morgan fingerprint density at radius 2 is 1.94 bits per heavy atom. The number of hydrogen-bond donors (Lipinski definition) is 2. The lowest BCUT2D eigenvalue weighted by Gasteiger charge is -2.13. The lowest BCUT2D eigenvalue weighted by molar-refractivity contribution is 0.621. The first-order valence-corrected chi connectivity index (χ1v) is 6.42. The third-order valence-corrected chi connectivity index (χ3v) is 3.39. The fourth-order valence-electron chi connectivity index (χ4n) is 1.56. The number of hydrogen-bond acceptors (Lipinski definition) is 2. The molecule has 0 aliphatic carbocycles. The molecule has 2 nitrogen and oxygen atoms in total. The van der Waals surface area contributed by atoms with Gasteiger partial charge in [0.2, 0.25) is 0 Å². The molecule has 0 aliphatic rings. The number of nitrogens with two attached hydrogens (primary N) is 1. The second-order valence-corrected chi connectivity index (χ2v) is 5.23. The van der Waals surface area contributed by atoms with Crippen LogP contribution in [-0.2, 0) is 0 Å². The van der Waals surface area contributed by atoms with E-state index in [1.165, 1.54) is 6.07 Å². The first kappa shape index (κ1) is 13.2. The molecule has 2 aromatic carbocycles. The van der Waals surface area contributed by atoms with E-state index in [4.69, 9.17) is 17.3 Å². The molecular formula is C13H11BrClFN2.